The van der Waals surface area contributed by atoms with Crippen LogP contribution in [0.3, 0.4) is 0 Å². The van der Waals surface area contributed by atoms with E-state index in [2.05, 4.69) is 21.2 Å². The molecule has 1 atom stereocenters. The Hall–Kier alpha value is -2.19. The van der Waals surface area contributed by atoms with Gasteiger partial charge < -0.3 is 5.32 Å². The summed E-state index contributed by atoms with van der Waals surface area (Å²) in [7, 11) is -3.92. The van der Waals surface area contributed by atoms with Gasteiger partial charge in [-0.05, 0) is 54.4 Å². The number of sulfonamides is 1. The highest BCUT2D eigenvalue weighted by molar-refractivity contribution is 9.10. The number of hydrogen-bond acceptors (Lipinski definition) is 3. The zero-order valence-corrected chi connectivity index (χ0v) is 20.0. The minimum atomic E-state index is -3.92. The summed E-state index contributed by atoms with van der Waals surface area (Å²) in [6.45, 7) is 1.61. The van der Waals surface area contributed by atoms with E-state index in [9.17, 15) is 13.2 Å². The molecule has 0 aromatic heterocycles. The van der Waals surface area contributed by atoms with E-state index in [1.807, 2.05) is 61.5 Å². The Labute approximate surface area is 196 Å². The summed E-state index contributed by atoms with van der Waals surface area (Å²) in [5.41, 5.74) is 1.71. The standard InChI is InChI=1S/C23H22BrClN2O3S/c1-17(19-5-3-2-4-6-19)26-23(28)16-27(15-18-7-9-20(24)10-8-18)31(29,30)22-13-11-21(25)12-14-22/h2-14,17H,15-16H2,1H3,(H,26,28)/t17-/m0/s1. The van der Waals surface area contributed by atoms with Gasteiger partial charge in [0.15, 0.2) is 0 Å². The first-order valence-corrected chi connectivity index (χ1v) is 12.2. The van der Waals surface area contributed by atoms with Gasteiger partial charge in [0.2, 0.25) is 15.9 Å². The molecule has 5 nitrogen and oxygen atoms in total. The van der Waals surface area contributed by atoms with Crippen LogP contribution in [0.4, 0.5) is 0 Å². The van der Waals surface area contributed by atoms with Crippen LogP contribution in [0.1, 0.15) is 24.1 Å². The fourth-order valence-corrected chi connectivity index (χ4v) is 4.82. The van der Waals surface area contributed by atoms with Crippen molar-refractivity contribution in [3.8, 4) is 0 Å². The van der Waals surface area contributed by atoms with Crippen molar-refractivity contribution in [1.82, 2.24) is 9.62 Å². The van der Waals surface area contributed by atoms with Crippen LogP contribution < -0.4 is 5.32 Å². The molecule has 0 aliphatic carbocycles. The first kappa shape index (κ1) is 23.5. The number of halogens is 2. The highest BCUT2D eigenvalue weighted by Gasteiger charge is 2.27. The molecule has 0 bridgehead atoms. The van der Waals surface area contributed by atoms with Gasteiger partial charge in [0, 0.05) is 16.0 Å². The zero-order chi connectivity index (χ0) is 22.4. The van der Waals surface area contributed by atoms with Crippen molar-refractivity contribution in [2.24, 2.45) is 0 Å². The van der Waals surface area contributed by atoms with Crippen molar-refractivity contribution in [3.05, 3.63) is 99.5 Å². The van der Waals surface area contributed by atoms with Gasteiger partial charge in [-0.3, -0.25) is 4.79 Å². The number of amides is 1. The quantitative estimate of drug-likeness (QED) is 0.445. The fraction of sp³-hybridized carbons (Fsp3) is 0.174. The molecule has 0 fully saturated rings. The van der Waals surface area contributed by atoms with E-state index in [0.717, 1.165) is 15.6 Å². The van der Waals surface area contributed by atoms with Crippen LogP contribution in [0.25, 0.3) is 0 Å². The molecule has 3 rings (SSSR count). The predicted molar refractivity (Wildman–Crippen MR) is 126 cm³/mol. The SMILES string of the molecule is C[C@H](NC(=O)CN(Cc1ccc(Br)cc1)S(=O)(=O)c1ccc(Cl)cc1)c1ccccc1. The van der Waals surface area contributed by atoms with Gasteiger partial charge in [0.25, 0.3) is 0 Å². The lowest BCUT2D eigenvalue weighted by molar-refractivity contribution is -0.122. The molecule has 3 aromatic carbocycles. The zero-order valence-electron chi connectivity index (χ0n) is 16.8. The molecule has 0 spiro atoms. The maximum absolute atomic E-state index is 13.3. The number of nitrogens with zero attached hydrogens (tertiary/aromatic N) is 1. The van der Waals surface area contributed by atoms with Crippen molar-refractivity contribution in [1.29, 1.82) is 0 Å². The molecule has 162 valence electrons. The number of hydrogen-bond donors (Lipinski definition) is 1. The van der Waals surface area contributed by atoms with Crippen LogP contribution in [0.5, 0.6) is 0 Å². The predicted octanol–water partition coefficient (Wildman–Crippen LogP) is 5.17. The second-order valence-electron chi connectivity index (χ2n) is 7.05. The molecular weight excluding hydrogens is 500 g/mol. The van der Waals surface area contributed by atoms with E-state index < -0.39 is 10.0 Å². The average Bonchev–Trinajstić information content (AvgIpc) is 2.75. The molecule has 31 heavy (non-hydrogen) atoms. The van der Waals surface area contributed by atoms with Gasteiger partial charge in [-0.15, -0.1) is 0 Å². The minimum Gasteiger partial charge on any atom is -0.348 e. The number of rotatable bonds is 8. The van der Waals surface area contributed by atoms with Gasteiger partial charge >= 0.3 is 0 Å². The van der Waals surface area contributed by atoms with Crippen LogP contribution in [0.15, 0.2) is 88.2 Å². The Bertz CT molecular complexity index is 1120. The Morgan fingerprint density at radius 3 is 2.23 bits per heavy atom. The Kier molecular flexibility index (Phi) is 7.89. The molecule has 8 heteroatoms. The second kappa shape index (κ2) is 10.4. The largest absolute Gasteiger partial charge is 0.348 e. The number of carbonyl (C=O) groups excluding carboxylic acids is 1. The third-order valence-electron chi connectivity index (χ3n) is 4.72. The second-order valence-corrected chi connectivity index (χ2v) is 10.3. The first-order valence-electron chi connectivity index (χ1n) is 9.60. The van der Waals surface area contributed by atoms with Gasteiger partial charge in [-0.1, -0.05) is 70.0 Å². The van der Waals surface area contributed by atoms with Gasteiger partial charge in [-0.2, -0.15) is 4.31 Å². The summed E-state index contributed by atoms with van der Waals surface area (Å²) in [4.78, 5) is 12.8. The molecule has 0 heterocycles. The molecule has 0 radical (unpaired) electrons. The lowest BCUT2D eigenvalue weighted by Gasteiger charge is -2.23. The van der Waals surface area contributed by atoms with E-state index in [4.69, 9.17) is 11.6 Å². The topological polar surface area (TPSA) is 66.5 Å². The highest BCUT2D eigenvalue weighted by atomic mass is 79.9. The minimum absolute atomic E-state index is 0.0609. The number of benzene rings is 3. The fourth-order valence-electron chi connectivity index (χ4n) is 3.05. The Morgan fingerprint density at radius 1 is 1.00 bits per heavy atom. The summed E-state index contributed by atoms with van der Waals surface area (Å²) in [6.07, 6.45) is 0. The van der Waals surface area contributed by atoms with Crippen LogP contribution in [-0.2, 0) is 21.4 Å². The Balaban J connectivity index is 1.83. The summed E-state index contributed by atoms with van der Waals surface area (Å²) in [5, 5.41) is 3.32. The third kappa shape index (κ3) is 6.40. The van der Waals surface area contributed by atoms with E-state index >= 15 is 0 Å². The van der Waals surface area contributed by atoms with Crippen LogP contribution >= 0.6 is 27.5 Å². The van der Waals surface area contributed by atoms with Crippen molar-refractivity contribution in [2.45, 2.75) is 24.4 Å². The molecule has 1 amide bonds. The monoisotopic (exact) mass is 520 g/mol. The molecule has 0 saturated heterocycles. The average molecular weight is 522 g/mol. The van der Waals surface area contributed by atoms with Crippen molar-refractivity contribution in [2.75, 3.05) is 6.54 Å². The van der Waals surface area contributed by atoms with Crippen molar-refractivity contribution >= 4 is 43.5 Å². The van der Waals surface area contributed by atoms with Crippen molar-refractivity contribution in [3.63, 3.8) is 0 Å². The maximum atomic E-state index is 13.3. The van der Waals surface area contributed by atoms with E-state index in [1.165, 1.54) is 28.6 Å². The Morgan fingerprint density at radius 2 is 1.61 bits per heavy atom. The normalized spacial score (nSPS) is 12.5. The summed E-state index contributed by atoms with van der Waals surface area (Å²) in [6, 6.07) is 22.5. The van der Waals surface area contributed by atoms with Gasteiger partial charge in [0.1, 0.15) is 0 Å². The number of nitrogens with one attached hydrogen (secondary N) is 1. The lowest BCUT2D eigenvalue weighted by Crippen LogP contribution is -2.41. The smallest absolute Gasteiger partial charge is 0.243 e. The summed E-state index contributed by atoms with van der Waals surface area (Å²) in [5.74, 6) is -0.383. The van der Waals surface area contributed by atoms with Gasteiger partial charge in [0.05, 0.1) is 17.5 Å². The molecule has 0 unspecified atom stereocenters. The lowest BCUT2D eigenvalue weighted by atomic mass is 10.1. The van der Waals surface area contributed by atoms with Crippen LogP contribution in [0, 0.1) is 0 Å². The van der Waals surface area contributed by atoms with Crippen LogP contribution in [-0.4, -0.2) is 25.2 Å². The molecule has 3 aromatic rings. The summed E-state index contributed by atoms with van der Waals surface area (Å²) < 4.78 is 28.7. The molecule has 1 N–H and O–H groups in total. The number of carbonyl (C=O) groups is 1. The van der Waals surface area contributed by atoms with E-state index in [1.54, 1.807) is 0 Å². The molecular formula is C23H22BrClN2O3S. The molecule has 0 aliphatic rings. The van der Waals surface area contributed by atoms with E-state index in [0.29, 0.717) is 5.02 Å². The summed E-state index contributed by atoms with van der Waals surface area (Å²) >= 11 is 9.28. The molecule has 0 aliphatic heterocycles. The van der Waals surface area contributed by atoms with E-state index in [-0.39, 0.29) is 29.9 Å². The first-order chi connectivity index (χ1) is 14.8. The van der Waals surface area contributed by atoms with Crippen molar-refractivity contribution < 1.29 is 13.2 Å². The van der Waals surface area contributed by atoms with Gasteiger partial charge in [-0.25, -0.2) is 8.42 Å². The van der Waals surface area contributed by atoms with Crippen LogP contribution in [0.2, 0.25) is 5.02 Å². The maximum Gasteiger partial charge on any atom is 0.243 e. The third-order valence-corrected chi connectivity index (χ3v) is 7.31. The molecule has 0 saturated carbocycles. The highest BCUT2D eigenvalue weighted by Crippen LogP contribution is 2.21.